The Morgan fingerprint density at radius 2 is 2.00 bits per heavy atom. The molecule has 0 aliphatic heterocycles. The number of sulfone groups is 1. The molecule has 20 heavy (non-hydrogen) atoms. The molecule has 3 nitrogen and oxygen atoms in total. The van der Waals surface area contributed by atoms with E-state index in [1.54, 1.807) is 26.0 Å². The van der Waals surface area contributed by atoms with Gasteiger partial charge >= 0.3 is 0 Å². The van der Waals surface area contributed by atoms with Gasteiger partial charge in [-0.1, -0.05) is 22.9 Å². The fourth-order valence-corrected chi connectivity index (χ4v) is 3.08. The lowest BCUT2D eigenvalue weighted by Gasteiger charge is -2.33. The van der Waals surface area contributed by atoms with Crippen LogP contribution in [0.5, 0.6) is 0 Å². The van der Waals surface area contributed by atoms with Crippen LogP contribution in [-0.4, -0.2) is 32.0 Å². The van der Waals surface area contributed by atoms with Crippen molar-refractivity contribution in [3.8, 4) is 0 Å². The molecule has 1 aromatic rings. The zero-order valence-electron chi connectivity index (χ0n) is 12.2. The predicted octanol–water partition coefficient (Wildman–Crippen LogP) is 2.93. The van der Waals surface area contributed by atoms with E-state index in [9.17, 15) is 12.8 Å². The van der Waals surface area contributed by atoms with Gasteiger partial charge in [-0.25, -0.2) is 12.8 Å². The third kappa shape index (κ3) is 4.02. The Labute approximate surface area is 129 Å². The summed E-state index contributed by atoms with van der Waals surface area (Å²) in [5.41, 5.74) is 0.502. The van der Waals surface area contributed by atoms with E-state index in [1.807, 2.05) is 6.92 Å². The van der Waals surface area contributed by atoms with Gasteiger partial charge < -0.3 is 5.32 Å². The first-order valence-corrected chi connectivity index (χ1v) is 9.15. The average molecular weight is 366 g/mol. The first kappa shape index (κ1) is 17.6. The molecule has 0 saturated heterocycles. The maximum Gasteiger partial charge on any atom is 0.154 e. The topological polar surface area (TPSA) is 46.2 Å². The van der Waals surface area contributed by atoms with Crippen molar-refractivity contribution in [3.05, 3.63) is 34.1 Å². The van der Waals surface area contributed by atoms with E-state index in [-0.39, 0.29) is 11.9 Å². The van der Waals surface area contributed by atoms with Crippen LogP contribution in [0.2, 0.25) is 0 Å². The van der Waals surface area contributed by atoms with Crippen LogP contribution in [0.1, 0.15) is 26.3 Å². The van der Waals surface area contributed by atoms with Crippen molar-refractivity contribution in [2.45, 2.75) is 38.0 Å². The molecule has 0 bridgehead atoms. The Morgan fingerprint density at radius 3 is 2.50 bits per heavy atom. The van der Waals surface area contributed by atoms with Crippen LogP contribution in [0, 0.1) is 5.82 Å². The van der Waals surface area contributed by atoms with E-state index >= 15 is 0 Å². The van der Waals surface area contributed by atoms with E-state index in [0.29, 0.717) is 18.5 Å². The van der Waals surface area contributed by atoms with E-state index in [0.717, 1.165) is 4.47 Å². The van der Waals surface area contributed by atoms with Gasteiger partial charge in [-0.15, -0.1) is 0 Å². The highest BCUT2D eigenvalue weighted by Gasteiger charge is 2.38. The van der Waals surface area contributed by atoms with Gasteiger partial charge in [-0.05, 0) is 50.6 Å². The molecule has 1 atom stereocenters. The highest BCUT2D eigenvalue weighted by Crippen LogP contribution is 2.25. The van der Waals surface area contributed by atoms with Crippen molar-refractivity contribution < 1.29 is 12.8 Å². The van der Waals surface area contributed by atoms with Crippen LogP contribution in [0.3, 0.4) is 0 Å². The van der Waals surface area contributed by atoms with Crippen LogP contribution < -0.4 is 5.32 Å². The number of halogens is 2. The average Bonchev–Trinajstić information content (AvgIpc) is 2.31. The Balaban J connectivity index is 3.13. The molecule has 0 fully saturated rings. The van der Waals surface area contributed by atoms with Gasteiger partial charge in [0.15, 0.2) is 9.84 Å². The maximum atomic E-state index is 13.9. The highest BCUT2D eigenvalue weighted by atomic mass is 79.9. The minimum absolute atomic E-state index is 0.319. The first-order chi connectivity index (χ1) is 9.09. The van der Waals surface area contributed by atoms with Crippen molar-refractivity contribution in [2.75, 3.05) is 12.8 Å². The zero-order valence-corrected chi connectivity index (χ0v) is 14.6. The summed E-state index contributed by atoms with van der Waals surface area (Å²) in [7, 11) is -3.26. The molecular formula is C14H21BrFNO2S. The zero-order chi connectivity index (χ0) is 15.6. The van der Waals surface area contributed by atoms with Gasteiger partial charge in [0.05, 0.1) is 4.75 Å². The van der Waals surface area contributed by atoms with Crippen LogP contribution in [0.25, 0.3) is 0 Å². The Morgan fingerprint density at radius 1 is 1.40 bits per heavy atom. The molecule has 0 spiro atoms. The summed E-state index contributed by atoms with van der Waals surface area (Å²) in [5, 5.41) is 3.16. The summed E-state index contributed by atoms with van der Waals surface area (Å²) in [5.74, 6) is -0.319. The van der Waals surface area contributed by atoms with Crippen LogP contribution in [-0.2, 0) is 16.3 Å². The van der Waals surface area contributed by atoms with E-state index in [4.69, 9.17) is 0 Å². The van der Waals surface area contributed by atoms with Gasteiger partial charge in [-0.3, -0.25) is 0 Å². The van der Waals surface area contributed by atoms with Gasteiger partial charge in [0.25, 0.3) is 0 Å². The van der Waals surface area contributed by atoms with Crippen molar-refractivity contribution in [1.82, 2.24) is 5.32 Å². The summed E-state index contributed by atoms with van der Waals surface area (Å²) in [6.07, 6.45) is 1.54. The number of likely N-dealkylation sites (N-methyl/N-ethyl adjacent to an activating group) is 1. The second-order valence-electron chi connectivity index (χ2n) is 5.43. The number of hydrogen-bond donors (Lipinski definition) is 1. The lowest BCUT2D eigenvalue weighted by molar-refractivity contribution is 0.408. The number of nitrogens with one attached hydrogen (secondary N) is 1. The molecule has 0 saturated carbocycles. The molecule has 1 aromatic carbocycles. The normalized spacial score (nSPS) is 14.3. The summed E-state index contributed by atoms with van der Waals surface area (Å²) in [4.78, 5) is 0. The predicted molar refractivity (Wildman–Crippen MR) is 84.2 cm³/mol. The van der Waals surface area contributed by atoms with Crippen LogP contribution in [0.15, 0.2) is 22.7 Å². The SMILES string of the molecule is CCNC(Cc1cc(Br)ccc1F)C(C)(C)S(C)(=O)=O. The quantitative estimate of drug-likeness (QED) is 0.842. The second kappa shape index (κ2) is 6.54. The minimum Gasteiger partial charge on any atom is -0.312 e. The van der Waals surface area contributed by atoms with Crippen LogP contribution >= 0.6 is 15.9 Å². The molecule has 0 amide bonds. The smallest absolute Gasteiger partial charge is 0.154 e. The number of rotatable bonds is 6. The fraction of sp³-hybridized carbons (Fsp3) is 0.571. The standard InChI is InChI=1S/C14H21BrFNO2S/c1-5-17-13(14(2,3)20(4,18)19)9-10-8-11(15)6-7-12(10)16/h6-8,13,17H,5,9H2,1-4H3. The highest BCUT2D eigenvalue weighted by molar-refractivity contribution is 9.10. The van der Waals surface area contributed by atoms with Crippen molar-refractivity contribution in [3.63, 3.8) is 0 Å². The fourth-order valence-electron chi connectivity index (χ4n) is 1.99. The molecule has 1 N–H and O–H groups in total. The molecule has 0 aliphatic carbocycles. The summed E-state index contributed by atoms with van der Waals surface area (Å²) in [6.45, 7) is 5.87. The molecule has 0 radical (unpaired) electrons. The third-order valence-electron chi connectivity index (χ3n) is 3.68. The van der Waals surface area contributed by atoms with Crippen molar-refractivity contribution >= 4 is 25.8 Å². The largest absolute Gasteiger partial charge is 0.312 e. The lowest BCUT2D eigenvalue weighted by atomic mass is 9.95. The van der Waals surface area contributed by atoms with E-state index < -0.39 is 14.6 Å². The molecule has 6 heteroatoms. The Hall–Kier alpha value is -0.460. The van der Waals surface area contributed by atoms with Crippen molar-refractivity contribution in [2.24, 2.45) is 0 Å². The second-order valence-corrected chi connectivity index (χ2v) is 8.94. The van der Waals surface area contributed by atoms with Gasteiger partial charge in [0.1, 0.15) is 5.82 Å². The Kier molecular flexibility index (Phi) is 5.75. The number of hydrogen-bond acceptors (Lipinski definition) is 3. The molecule has 114 valence electrons. The molecular weight excluding hydrogens is 345 g/mol. The van der Waals surface area contributed by atoms with E-state index in [1.165, 1.54) is 12.3 Å². The monoisotopic (exact) mass is 365 g/mol. The lowest BCUT2D eigenvalue weighted by Crippen LogP contribution is -2.52. The van der Waals surface area contributed by atoms with E-state index in [2.05, 4.69) is 21.2 Å². The molecule has 1 unspecified atom stereocenters. The van der Waals surface area contributed by atoms with Gasteiger partial charge in [0, 0.05) is 16.8 Å². The third-order valence-corrected chi connectivity index (χ3v) is 6.37. The summed E-state index contributed by atoms with van der Waals surface area (Å²) in [6, 6.07) is 4.35. The molecule has 1 rings (SSSR count). The molecule has 0 aliphatic rings. The maximum absolute atomic E-state index is 13.9. The summed E-state index contributed by atoms with van der Waals surface area (Å²) < 4.78 is 37.6. The van der Waals surface area contributed by atoms with Crippen molar-refractivity contribution in [1.29, 1.82) is 0 Å². The minimum atomic E-state index is -3.26. The van der Waals surface area contributed by atoms with Crippen LogP contribution in [0.4, 0.5) is 4.39 Å². The first-order valence-electron chi connectivity index (χ1n) is 6.46. The summed E-state index contributed by atoms with van der Waals surface area (Å²) >= 11 is 3.31. The van der Waals surface area contributed by atoms with Gasteiger partial charge in [-0.2, -0.15) is 0 Å². The number of benzene rings is 1. The molecule has 0 aromatic heterocycles. The Bertz CT molecular complexity index is 573. The van der Waals surface area contributed by atoms with Gasteiger partial charge in [0.2, 0.25) is 0 Å². The molecule has 0 heterocycles.